The molecule has 5 rings (SSSR count). The van der Waals surface area contributed by atoms with Crippen LogP contribution in [0.15, 0.2) is 43.0 Å². The van der Waals surface area contributed by atoms with Crippen LogP contribution < -0.4 is 5.32 Å². The number of rotatable bonds is 7. The first-order chi connectivity index (χ1) is 14.8. The van der Waals surface area contributed by atoms with Crippen LogP contribution in [0.25, 0.3) is 27.7 Å². The van der Waals surface area contributed by atoms with E-state index >= 15 is 0 Å². The molecule has 0 spiro atoms. The van der Waals surface area contributed by atoms with Crippen molar-refractivity contribution >= 4 is 22.5 Å². The first kappa shape index (κ1) is 19.0. The second-order valence-corrected chi connectivity index (χ2v) is 7.76. The van der Waals surface area contributed by atoms with E-state index in [0.717, 1.165) is 53.4 Å². The van der Waals surface area contributed by atoms with Crippen molar-refractivity contribution in [3.05, 3.63) is 43.0 Å². The van der Waals surface area contributed by atoms with Crippen LogP contribution in [-0.4, -0.2) is 57.0 Å². The smallest absolute Gasteiger partial charge is 0.224 e. The highest BCUT2D eigenvalue weighted by Crippen LogP contribution is 2.29. The second kappa shape index (κ2) is 8.41. The Morgan fingerprint density at radius 3 is 2.97 bits per heavy atom. The van der Waals surface area contributed by atoms with Crippen LogP contribution >= 0.6 is 0 Å². The Hall–Kier alpha value is -2.97. The molecule has 156 valence electrons. The fourth-order valence-electron chi connectivity index (χ4n) is 4.16. The summed E-state index contributed by atoms with van der Waals surface area (Å²) in [6, 6.07) is 6.55. The molecule has 0 unspecified atom stereocenters. The van der Waals surface area contributed by atoms with Crippen LogP contribution in [0.5, 0.6) is 0 Å². The lowest BCUT2D eigenvalue weighted by atomic mass is 9.93. The Balaban J connectivity index is 1.26. The average molecular weight is 406 g/mol. The molecule has 30 heavy (non-hydrogen) atoms. The molecule has 0 atom stereocenters. The van der Waals surface area contributed by atoms with Crippen molar-refractivity contribution in [2.75, 3.05) is 25.6 Å². The fourth-order valence-corrected chi connectivity index (χ4v) is 4.16. The molecular weight excluding hydrogens is 380 g/mol. The molecule has 4 heterocycles. The molecule has 0 aliphatic heterocycles. The van der Waals surface area contributed by atoms with Gasteiger partial charge in [-0.2, -0.15) is 10.1 Å². The van der Waals surface area contributed by atoms with Crippen molar-refractivity contribution in [3.63, 3.8) is 0 Å². The molecule has 4 aromatic heterocycles. The maximum Gasteiger partial charge on any atom is 0.224 e. The maximum atomic E-state index is 5.85. The number of hydrogen-bond acceptors (Lipinski definition) is 6. The first-order valence-electron chi connectivity index (χ1n) is 10.4. The fraction of sp³-hybridized carbons (Fsp3) is 0.409. The Morgan fingerprint density at radius 2 is 2.10 bits per heavy atom. The van der Waals surface area contributed by atoms with Crippen molar-refractivity contribution in [3.8, 4) is 11.1 Å². The standard InChI is InChI=1S/C22H26N6O2/c1-29-10-11-30-18-4-2-16(3-5-18)26-22-24-14-20-19(13-23-21(20)27-22)15-7-9-28-17(12-15)6-8-25-28/h6-9,12-14,16,18H,2-5,10-11H2,1H3,(H2,23,24,26,27)/t16-,18+. The number of methoxy groups -OCH3 is 1. The molecule has 1 saturated carbocycles. The summed E-state index contributed by atoms with van der Waals surface area (Å²) >= 11 is 0. The summed E-state index contributed by atoms with van der Waals surface area (Å²) in [7, 11) is 1.70. The number of aromatic amines is 1. The highest BCUT2D eigenvalue weighted by atomic mass is 16.5. The summed E-state index contributed by atoms with van der Waals surface area (Å²) in [6.45, 7) is 1.32. The number of anilines is 1. The minimum absolute atomic E-state index is 0.334. The maximum absolute atomic E-state index is 5.85. The summed E-state index contributed by atoms with van der Waals surface area (Å²) in [5.41, 5.74) is 4.11. The van der Waals surface area contributed by atoms with Crippen LogP contribution in [0.2, 0.25) is 0 Å². The summed E-state index contributed by atoms with van der Waals surface area (Å²) in [5.74, 6) is 0.672. The second-order valence-electron chi connectivity index (χ2n) is 7.76. The number of ether oxygens (including phenoxy) is 2. The van der Waals surface area contributed by atoms with Crippen LogP contribution in [0.1, 0.15) is 25.7 Å². The largest absolute Gasteiger partial charge is 0.382 e. The third kappa shape index (κ3) is 3.88. The third-order valence-electron chi connectivity index (χ3n) is 5.79. The zero-order valence-electron chi connectivity index (χ0n) is 17.0. The van der Waals surface area contributed by atoms with Crippen molar-refractivity contribution < 1.29 is 9.47 Å². The van der Waals surface area contributed by atoms with Gasteiger partial charge in [-0.25, -0.2) is 9.50 Å². The van der Waals surface area contributed by atoms with E-state index in [1.54, 1.807) is 13.3 Å². The molecule has 0 bridgehead atoms. The van der Waals surface area contributed by atoms with E-state index in [9.17, 15) is 0 Å². The van der Waals surface area contributed by atoms with Crippen molar-refractivity contribution in [2.24, 2.45) is 0 Å². The molecule has 8 heteroatoms. The number of aromatic nitrogens is 5. The lowest BCUT2D eigenvalue weighted by Gasteiger charge is -2.29. The van der Waals surface area contributed by atoms with Gasteiger partial charge in [0.1, 0.15) is 5.65 Å². The van der Waals surface area contributed by atoms with E-state index in [1.807, 2.05) is 29.2 Å². The zero-order valence-corrected chi connectivity index (χ0v) is 17.0. The van der Waals surface area contributed by atoms with Gasteiger partial charge >= 0.3 is 0 Å². The number of nitrogens with zero attached hydrogens (tertiary/aromatic N) is 4. The molecule has 1 aliphatic carbocycles. The van der Waals surface area contributed by atoms with E-state index in [1.165, 1.54) is 0 Å². The summed E-state index contributed by atoms with van der Waals surface area (Å²) in [6.07, 6.45) is 12.2. The van der Waals surface area contributed by atoms with Gasteiger partial charge in [0.15, 0.2) is 0 Å². The third-order valence-corrected chi connectivity index (χ3v) is 5.79. The van der Waals surface area contributed by atoms with Gasteiger partial charge in [-0.1, -0.05) is 0 Å². The van der Waals surface area contributed by atoms with Crippen LogP contribution in [0, 0.1) is 0 Å². The summed E-state index contributed by atoms with van der Waals surface area (Å²) in [4.78, 5) is 12.6. The molecular formula is C22H26N6O2. The summed E-state index contributed by atoms with van der Waals surface area (Å²) < 4.78 is 12.8. The number of fused-ring (bicyclic) bond motifs is 2. The van der Waals surface area contributed by atoms with E-state index in [-0.39, 0.29) is 0 Å². The molecule has 0 radical (unpaired) electrons. The minimum Gasteiger partial charge on any atom is -0.382 e. The molecule has 1 aliphatic rings. The molecule has 0 amide bonds. The number of nitrogens with one attached hydrogen (secondary N) is 2. The van der Waals surface area contributed by atoms with Gasteiger partial charge in [-0.3, -0.25) is 0 Å². The first-order valence-corrected chi connectivity index (χ1v) is 10.4. The number of pyridine rings is 1. The summed E-state index contributed by atoms with van der Waals surface area (Å²) in [5, 5.41) is 8.77. The lowest BCUT2D eigenvalue weighted by Crippen LogP contribution is -2.31. The normalized spacial score (nSPS) is 19.5. The van der Waals surface area contributed by atoms with E-state index in [2.05, 4.69) is 32.5 Å². The van der Waals surface area contributed by atoms with Gasteiger partial charge in [0.05, 0.1) is 24.8 Å². The SMILES string of the molecule is COCCO[C@H]1CC[C@@H](Nc2ncc3c(-c4ccn5nccc5c4)c[nH]c3n2)CC1. The van der Waals surface area contributed by atoms with Crippen molar-refractivity contribution in [1.29, 1.82) is 0 Å². The van der Waals surface area contributed by atoms with Gasteiger partial charge in [-0.15, -0.1) is 0 Å². The van der Waals surface area contributed by atoms with Gasteiger partial charge in [-0.05, 0) is 49.4 Å². The average Bonchev–Trinajstić information content (AvgIpc) is 3.41. The van der Waals surface area contributed by atoms with Gasteiger partial charge < -0.3 is 19.8 Å². The minimum atomic E-state index is 0.334. The Bertz CT molecular complexity index is 1130. The number of hydrogen-bond donors (Lipinski definition) is 2. The monoisotopic (exact) mass is 406 g/mol. The zero-order chi connectivity index (χ0) is 20.3. The number of H-pyrrole nitrogens is 1. The van der Waals surface area contributed by atoms with E-state index in [4.69, 9.17) is 14.5 Å². The van der Waals surface area contributed by atoms with E-state index < -0.39 is 0 Å². The van der Waals surface area contributed by atoms with Crippen LogP contribution in [0.3, 0.4) is 0 Å². The van der Waals surface area contributed by atoms with Crippen molar-refractivity contribution in [2.45, 2.75) is 37.8 Å². The highest BCUT2D eigenvalue weighted by Gasteiger charge is 2.22. The van der Waals surface area contributed by atoms with Gasteiger partial charge in [0, 0.05) is 48.9 Å². The Labute approximate surface area is 174 Å². The lowest BCUT2D eigenvalue weighted by molar-refractivity contribution is -0.00157. The molecule has 4 aromatic rings. The Kier molecular flexibility index (Phi) is 5.33. The predicted molar refractivity (Wildman–Crippen MR) is 116 cm³/mol. The van der Waals surface area contributed by atoms with Crippen LogP contribution in [0.4, 0.5) is 5.95 Å². The van der Waals surface area contributed by atoms with Gasteiger partial charge in [0.25, 0.3) is 0 Å². The molecule has 8 nitrogen and oxygen atoms in total. The molecule has 1 fully saturated rings. The highest BCUT2D eigenvalue weighted by molar-refractivity contribution is 5.94. The van der Waals surface area contributed by atoms with E-state index in [0.29, 0.717) is 31.3 Å². The molecule has 0 saturated heterocycles. The predicted octanol–water partition coefficient (Wildman–Crippen LogP) is 3.66. The molecule has 2 N–H and O–H groups in total. The van der Waals surface area contributed by atoms with Crippen LogP contribution in [-0.2, 0) is 9.47 Å². The topological polar surface area (TPSA) is 89.4 Å². The quantitative estimate of drug-likeness (QED) is 0.455. The van der Waals surface area contributed by atoms with Crippen molar-refractivity contribution in [1.82, 2.24) is 24.6 Å². The van der Waals surface area contributed by atoms with Gasteiger partial charge in [0.2, 0.25) is 5.95 Å². The molecule has 0 aromatic carbocycles. The Morgan fingerprint density at radius 1 is 1.20 bits per heavy atom.